The summed E-state index contributed by atoms with van der Waals surface area (Å²) in [6, 6.07) is 24.1. The standard InChI is InChI=1S/C25H28N2O3S2/c1-4-24(27(32(3,29)30)22-16-10-19(2)11-17-22)25(28)26-21-14-12-20(13-15-21)18-31-23-8-6-5-7-9-23/h5-17,24H,4,18H2,1-3H3,(H,26,28)/t24-/m1/s1. The first-order valence-corrected chi connectivity index (χ1v) is 13.2. The topological polar surface area (TPSA) is 66.5 Å². The third kappa shape index (κ3) is 6.37. The molecule has 3 aromatic rings. The maximum Gasteiger partial charge on any atom is 0.248 e. The molecule has 0 aliphatic heterocycles. The zero-order valence-corrected chi connectivity index (χ0v) is 20.1. The van der Waals surface area contributed by atoms with E-state index in [9.17, 15) is 13.2 Å². The number of nitrogens with one attached hydrogen (secondary N) is 1. The van der Waals surface area contributed by atoms with Crippen LogP contribution in [-0.2, 0) is 20.6 Å². The van der Waals surface area contributed by atoms with Gasteiger partial charge >= 0.3 is 0 Å². The van der Waals surface area contributed by atoms with Crippen LogP contribution in [0.25, 0.3) is 0 Å². The summed E-state index contributed by atoms with van der Waals surface area (Å²) in [6.07, 6.45) is 1.47. The van der Waals surface area contributed by atoms with E-state index in [2.05, 4.69) is 17.4 Å². The highest BCUT2D eigenvalue weighted by atomic mass is 32.2. The minimum absolute atomic E-state index is 0.346. The van der Waals surface area contributed by atoms with Crippen LogP contribution in [0.5, 0.6) is 0 Å². The lowest BCUT2D eigenvalue weighted by Gasteiger charge is -2.30. The number of hydrogen-bond donors (Lipinski definition) is 1. The maximum absolute atomic E-state index is 13.0. The Hall–Kier alpha value is -2.77. The van der Waals surface area contributed by atoms with Crippen LogP contribution >= 0.6 is 11.8 Å². The summed E-state index contributed by atoms with van der Waals surface area (Å²) in [5.41, 5.74) is 3.28. The normalized spacial score (nSPS) is 12.2. The molecular weight excluding hydrogens is 440 g/mol. The number of anilines is 2. The Morgan fingerprint density at radius 2 is 1.59 bits per heavy atom. The van der Waals surface area contributed by atoms with Gasteiger partial charge in [0.15, 0.2) is 0 Å². The van der Waals surface area contributed by atoms with Gasteiger partial charge < -0.3 is 5.32 Å². The number of amides is 1. The highest BCUT2D eigenvalue weighted by Gasteiger charge is 2.31. The lowest BCUT2D eigenvalue weighted by molar-refractivity contribution is -0.117. The average molecular weight is 469 g/mol. The molecule has 7 heteroatoms. The van der Waals surface area contributed by atoms with Crippen LogP contribution in [0.1, 0.15) is 24.5 Å². The predicted octanol–water partition coefficient (Wildman–Crippen LogP) is 5.47. The molecule has 5 nitrogen and oxygen atoms in total. The quantitative estimate of drug-likeness (QED) is 0.423. The largest absolute Gasteiger partial charge is 0.324 e. The van der Waals surface area contributed by atoms with Crippen LogP contribution in [0.2, 0.25) is 0 Å². The number of aryl methyl sites for hydroxylation is 1. The van der Waals surface area contributed by atoms with Gasteiger partial charge in [-0.1, -0.05) is 55.0 Å². The Balaban J connectivity index is 1.71. The molecule has 0 radical (unpaired) electrons. The van der Waals surface area contributed by atoms with Crippen LogP contribution in [0.3, 0.4) is 0 Å². The van der Waals surface area contributed by atoms with E-state index >= 15 is 0 Å². The van der Waals surface area contributed by atoms with E-state index in [-0.39, 0.29) is 5.91 Å². The molecule has 32 heavy (non-hydrogen) atoms. The molecule has 0 unspecified atom stereocenters. The molecule has 0 bridgehead atoms. The molecule has 3 aromatic carbocycles. The van der Waals surface area contributed by atoms with Crippen molar-refractivity contribution in [3.8, 4) is 0 Å². The number of sulfonamides is 1. The summed E-state index contributed by atoms with van der Waals surface area (Å²) in [5, 5.41) is 2.88. The van der Waals surface area contributed by atoms with Gasteiger partial charge in [-0.3, -0.25) is 9.10 Å². The first-order chi connectivity index (χ1) is 15.3. The first kappa shape index (κ1) is 23.9. The highest BCUT2D eigenvalue weighted by molar-refractivity contribution is 7.98. The summed E-state index contributed by atoms with van der Waals surface area (Å²) >= 11 is 1.75. The summed E-state index contributed by atoms with van der Waals surface area (Å²) in [4.78, 5) is 14.2. The van der Waals surface area contributed by atoms with Crippen molar-refractivity contribution in [2.24, 2.45) is 0 Å². The second-order valence-corrected chi connectivity index (χ2v) is 10.5. The average Bonchev–Trinajstić information content (AvgIpc) is 2.77. The van der Waals surface area contributed by atoms with Crippen molar-refractivity contribution in [3.63, 3.8) is 0 Å². The summed E-state index contributed by atoms with van der Waals surface area (Å²) in [7, 11) is -3.65. The third-order valence-corrected chi connectivity index (χ3v) is 7.25. The van der Waals surface area contributed by atoms with Crippen LogP contribution < -0.4 is 9.62 Å². The van der Waals surface area contributed by atoms with Crippen molar-refractivity contribution in [1.82, 2.24) is 0 Å². The van der Waals surface area contributed by atoms with E-state index in [0.29, 0.717) is 17.8 Å². The molecule has 0 aliphatic rings. The fraction of sp³-hybridized carbons (Fsp3) is 0.240. The van der Waals surface area contributed by atoms with Gasteiger partial charge in [0.25, 0.3) is 0 Å². The SMILES string of the molecule is CC[C@H](C(=O)Nc1ccc(CSc2ccccc2)cc1)N(c1ccc(C)cc1)S(C)(=O)=O. The van der Waals surface area contributed by atoms with E-state index in [0.717, 1.165) is 23.1 Å². The van der Waals surface area contributed by atoms with Crippen molar-refractivity contribution >= 4 is 39.1 Å². The monoisotopic (exact) mass is 468 g/mol. The Morgan fingerprint density at radius 3 is 2.16 bits per heavy atom. The predicted molar refractivity (Wildman–Crippen MR) is 134 cm³/mol. The lowest BCUT2D eigenvalue weighted by Crippen LogP contribution is -2.47. The van der Waals surface area contributed by atoms with Crippen LogP contribution in [0.15, 0.2) is 83.8 Å². The van der Waals surface area contributed by atoms with Gasteiger partial charge in [0.05, 0.1) is 11.9 Å². The highest BCUT2D eigenvalue weighted by Crippen LogP contribution is 2.25. The number of nitrogens with zero attached hydrogens (tertiary/aromatic N) is 1. The van der Waals surface area contributed by atoms with Gasteiger partial charge in [-0.2, -0.15) is 0 Å². The fourth-order valence-electron chi connectivity index (χ4n) is 3.35. The van der Waals surface area contributed by atoms with E-state index in [1.165, 1.54) is 9.20 Å². The molecule has 0 fully saturated rings. The second-order valence-electron chi connectivity index (χ2n) is 7.61. The van der Waals surface area contributed by atoms with E-state index in [1.807, 2.05) is 61.5 Å². The van der Waals surface area contributed by atoms with E-state index < -0.39 is 16.1 Å². The van der Waals surface area contributed by atoms with Gasteiger partial charge in [-0.25, -0.2) is 8.42 Å². The molecule has 0 saturated carbocycles. The molecule has 0 spiro atoms. The maximum atomic E-state index is 13.0. The summed E-state index contributed by atoms with van der Waals surface area (Å²) in [5.74, 6) is 0.468. The molecule has 1 amide bonds. The van der Waals surface area contributed by atoms with Gasteiger partial charge in [-0.05, 0) is 55.3 Å². The van der Waals surface area contributed by atoms with Crippen molar-refractivity contribution in [3.05, 3.63) is 90.0 Å². The molecule has 1 atom stereocenters. The van der Waals surface area contributed by atoms with Crippen LogP contribution in [-0.4, -0.2) is 26.6 Å². The summed E-state index contributed by atoms with van der Waals surface area (Å²) in [6.45, 7) is 3.74. The molecule has 1 N–H and O–H groups in total. The van der Waals surface area contributed by atoms with Gasteiger partial charge in [0, 0.05) is 16.3 Å². The number of hydrogen-bond acceptors (Lipinski definition) is 4. The smallest absolute Gasteiger partial charge is 0.248 e. The van der Waals surface area contributed by atoms with Crippen LogP contribution in [0, 0.1) is 6.92 Å². The first-order valence-electron chi connectivity index (χ1n) is 10.4. The summed E-state index contributed by atoms with van der Waals surface area (Å²) < 4.78 is 26.3. The van der Waals surface area contributed by atoms with Gasteiger partial charge in [-0.15, -0.1) is 11.8 Å². The minimum atomic E-state index is -3.65. The number of thioether (sulfide) groups is 1. The van der Waals surface area contributed by atoms with Crippen molar-refractivity contribution in [2.45, 2.75) is 37.0 Å². The molecule has 0 aromatic heterocycles. The zero-order chi connectivity index (χ0) is 23.1. The van der Waals surface area contributed by atoms with Gasteiger partial charge in [0.1, 0.15) is 6.04 Å². The molecular formula is C25H28N2O3S2. The molecule has 0 aliphatic carbocycles. The Kier molecular flexibility index (Phi) is 7.99. The zero-order valence-electron chi connectivity index (χ0n) is 18.5. The fourth-order valence-corrected chi connectivity index (χ4v) is 5.43. The van der Waals surface area contributed by atoms with Crippen molar-refractivity contribution in [1.29, 1.82) is 0 Å². The Morgan fingerprint density at radius 1 is 0.969 bits per heavy atom. The molecule has 0 saturated heterocycles. The minimum Gasteiger partial charge on any atom is -0.324 e. The number of carbonyl (C=O) groups is 1. The van der Waals surface area contributed by atoms with Crippen molar-refractivity contribution < 1.29 is 13.2 Å². The van der Waals surface area contributed by atoms with Gasteiger partial charge in [0.2, 0.25) is 15.9 Å². The van der Waals surface area contributed by atoms with E-state index in [4.69, 9.17) is 0 Å². The number of benzene rings is 3. The number of carbonyl (C=O) groups excluding carboxylic acids is 1. The third-order valence-electron chi connectivity index (χ3n) is 4.99. The Labute approximate surface area is 194 Å². The second kappa shape index (κ2) is 10.7. The van der Waals surface area contributed by atoms with Crippen molar-refractivity contribution in [2.75, 3.05) is 15.9 Å². The molecule has 0 heterocycles. The van der Waals surface area contributed by atoms with E-state index in [1.54, 1.807) is 30.8 Å². The molecule has 168 valence electrons. The molecule has 3 rings (SSSR count). The van der Waals surface area contributed by atoms with Crippen LogP contribution in [0.4, 0.5) is 11.4 Å². The lowest BCUT2D eigenvalue weighted by atomic mass is 10.1. The Bertz CT molecular complexity index is 1130. The number of rotatable bonds is 9.